The van der Waals surface area contributed by atoms with Gasteiger partial charge in [0.1, 0.15) is 5.76 Å². The van der Waals surface area contributed by atoms with Crippen LogP contribution in [0.2, 0.25) is 0 Å². The average Bonchev–Trinajstić information content (AvgIpc) is 2.29. The average molecular weight is 200 g/mol. The second-order valence-corrected chi connectivity index (χ2v) is 3.99. The monoisotopic (exact) mass is 200 g/mol. The van der Waals surface area contributed by atoms with Crippen molar-refractivity contribution in [3.8, 4) is 0 Å². The maximum Gasteiger partial charge on any atom is 0.115 e. The van der Waals surface area contributed by atoms with Crippen LogP contribution in [0.25, 0.3) is 0 Å². The summed E-state index contributed by atoms with van der Waals surface area (Å²) in [5.74, 6) is 1.44. The van der Waals surface area contributed by atoms with Gasteiger partial charge < -0.3 is 4.74 Å². The third-order valence-electron chi connectivity index (χ3n) is 2.76. The summed E-state index contributed by atoms with van der Waals surface area (Å²) >= 11 is 0. The number of methoxy groups -OCH3 is 1. The summed E-state index contributed by atoms with van der Waals surface area (Å²) < 4.78 is 5.30. The van der Waals surface area contributed by atoms with Gasteiger partial charge in [-0.05, 0) is 31.1 Å². The summed E-state index contributed by atoms with van der Waals surface area (Å²) in [6, 6.07) is 10.6. The molecule has 1 atom stereocenters. The normalized spacial score (nSPS) is 20.5. The first-order chi connectivity index (χ1) is 7.29. The van der Waals surface area contributed by atoms with Crippen molar-refractivity contribution in [1.82, 2.24) is 0 Å². The SMILES string of the molecule is COC1=CC(c2ccccc2)CC(C)=C1. The van der Waals surface area contributed by atoms with E-state index in [-0.39, 0.29) is 0 Å². The molecule has 1 aromatic rings. The molecule has 1 heteroatoms. The van der Waals surface area contributed by atoms with E-state index in [1.54, 1.807) is 7.11 Å². The van der Waals surface area contributed by atoms with Gasteiger partial charge in [-0.3, -0.25) is 0 Å². The number of rotatable bonds is 2. The van der Waals surface area contributed by atoms with E-state index >= 15 is 0 Å². The van der Waals surface area contributed by atoms with Crippen molar-refractivity contribution in [1.29, 1.82) is 0 Å². The molecule has 0 heterocycles. The second kappa shape index (κ2) is 4.35. The Labute approximate surface area is 91.1 Å². The molecule has 0 saturated heterocycles. The fourth-order valence-electron chi connectivity index (χ4n) is 2.00. The summed E-state index contributed by atoms with van der Waals surface area (Å²) in [4.78, 5) is 0. The molecule has 0 amide bonds. The van der Waals surface area contributed by atoms with Crippen molar-refractivity contribution in [2.24, 2.45) is 0 Å². The molecule has 0 N–H and O–H groups in total. The van der Waals surface area contributed by atoms with E-state index in [0.717, 1.165) is 12.2 Å². The first-order valence-corrected chi connectivity index (χ1v) is 5.27. The maximum atomic E-state index is 5.30. The lowest BCUT2D eigenvalue weighted by Gasteiger charge is -2.19. The van der Waals surface area contributed by atoms with E-state index in [1.807, 2.05) is 0 Å². The van der Waals surface area contributed by atoms with Crippen LogP contribution in [-0.4, -0.2) is 7.11 Å². The highest BCUT2D eigenvalue weighted by molar-refractivity contribution is 5.33. The van der Waals surface area contributed by atoms with Crippen LogP contribution in [0.1, 0.15) is 24.8 Å². The first-order valence-electron chi connectivity index (χ1n) is 5.27. The van der Waals surface area contributed by atoms with E-state index < -0.39 is 0 Å². The predicted octanol–water partition coefficient (Wildman–Crippen LogP) is 3.65. The van der Waals surface area contributed by atoms with E-state index in [0.29, 0.717) is 5.92 Å². The molecule has 0 spiro atoms. The summed E-state index contributed by atoms with van der Waals surface area (Å²) in [7, 11) is 1.73. The lowest BCUT2D eigenvalue weighted by molar-refractivity contribution is 0.301. The Morgan fingerprint density at radius 2 is 1.93 bits per heavy atom. The molecule has 1 aliphatic carbocycles. The highest BCUT2D eigenvalue weighted by Gasteiger charge is 2.14. The molecule has 0 bridgehead atoms. The molecule has 1 unspecified atom stereocenters. The zero-order valence-corrected chi connectivity index (χ0v) is 9.23. The Kier molecular flexibility index (Phi) is 2.91. The van der Waals surface area contributed by atoms with Crippen molar-refractivity contribution in [3.63, 3.8) is 0 Å². The highest BCUT2D eigenvalue weighted by atomic mass is 16.5. The summed E-state index contributed by atoms with van der Waals surface area (Å²) in [5.41, 5.74) is 2.74. The summed E-state index contributed by atoms with van der Waals surface area (Å²) in [6.45, 7) is 2.15. The molecule has 1 aliphatic rings. The summed E-state index contributed by atoms with van der Waals surface area (Å²) in [6.07, 6.45) is 5.40. The molecule has 1 nitrogen and oxygen atoms in total. The second-order valence-electron chi connectivity index (χ2n) is 3.99. The highest BCUT2D eigenvalue weighted by Crippen LogP contribution is 2.30. The van der Waals surface area contributed by atoms with Crippen LogP contribution in [0.5, 0.6) is 0 Å². The number of hydrogen-bond acceptors (Lipinski definition) is 1. The van der Waals surface area contributed by atoms with Gasteiger partial charge in [0, 0.05) is 5.92 Å². The van der Waals surface area contributed by atoms with Gasteiger partial charge in [0.15, 0.2) is 0 Å². The summed E-state index contributed by atoms with van der Waals surface area (Å²) in [5, 5.41) is 0. The molecule has 15 heavy (non-hydrogen) atoms. The molecule has 0 saturated carbocycles. The van der Waals surface area contributed by atoms with E-state index in [2.05, 4.69) is 49.4 Å². The van der Waals surface area contributed by atoms with Gasteiger partial charge in [-0.15, -0.1) is 0 Å². The number of allylic oxidation sites excluding steroid dienone is 3. The van der Waals surface area contributed by atoms with Crippen LogP contribution >= 0.6 is 0 Å². The Hall–Kier alpha value is -1.50. The van der Waals surface area contributed by atoms with Crippen molar-refractivity contribution in [2.45, 2.75) is 19.3 Å². The van der Waals surface area contributed by atoms with Gasteiger partial charge in [-0.1, -0.05) is 35.9 Å². The van der Waals surface area contributed by atoms with E-state index in [1.165, 1.54) is 11.1 Å². The standard InChI is InChI=1S/C14H16O/c1-11-8-13(10-14(9-11)15-2)12-6-4-3-5-7-12/h3-7,9-10,13H,8H2,1-2H3. The minimum Gasteiger partial charge on any atom is -0.497 e. The van der Waals surface area contributed by atoms with E-state index in [4.69, 9.17) is 4.74 Å². The fourth-order valence-corrected chi connectivity index (χ4v) is 2.00. The molecule has 78 valence electrons. The van der Waals surface area contributed by atoms with Gasteiger partial charge >= 0.3 is 0 Å². The molecular formula is C14H16O. The zero-order valence-electron chi connectivity index (χ0n) is 9.23. The Morgan fingerprint density at radius 3 is 2.60 bits per heavy atom. The number of ether oxygens (including phenoxy) is 1. The van der Waals surface area contributed by atoms with Gasteiger partial charge in [0.2, 0.25) is 0 Å². The predicted molar refractivity (Wildman–Crippen MR) is 62.6 cm³/mol. The lowest BCUT2D eigenvalue weighted by Crippen LogP contribution is -2.03. The first kappa shape index (κ1) is 10.0. The number of hydrogen-bond donors (Lipinski definition) is 0. The zero-order chi connectivity index (χ0) is 10.7. The molecular weight excluding hydrogens is 184 g/mol. The quantitative estimate of drug-likeness (QED) is 0.708. The lowest BCUT2D eigenvalue weighted by atomic mass is 9.88. The molecule has 0 aliphatic heterocycles. The van der Waals surface area contributed by atoms with Crippen LogP contribution in [0, 0.1) is 0 Å². The minimum atomic E-state index is 0.464. The Balaban J connectivity index is 2.26. The van der Waals surface area contributed by atoms with Crippen LogP contribution in [-0.2, 0) is 4.74 Å². The molecule has 1 aromatic carbocycles. The van der Waals surface area contributed by atoms with Crippen LogP contribution in [0.15, 0.2) is 53.8 Å². The maximum absolute atomic E-state index is 5.30. The van der Waals surface area contributed by atoms with Gasteiger partial charge in [-0.25, -0.2) is 0 Å². The third-order valence-corrected chi connectivity index (χ3v) is 2.76. The smallest absolute Gasteiger partial charge is 0.115 e. The van der Waals surface area contributed by atoms with Crippen molar-refractivity contribution < 1.29 is 4.74 Å². The topological polar surface area (TPSA) is 9.23 Å². The largest absolute Gasteiger partial charge is 0.497 e. The van der Waals surface area contributed by atoms with Crippen LogP contribution in [0.3, 0.4) is 0 Å². The van der Waals surface area contributed by atoms with Crippen LogP contribution < -0.4 is 0 Å². The molecule has 2 rings (SSSR count). The van der Waals surface area contributed by atoms with Crippen LogP contribution in [0.4, 0.5) is 0 Å². The van der Waals surface area contributed by atoms with E-state index in [9.17, 15) is 0 Å². The molecule has 0 aromatic heterocycles. The van der Waals surface area contributed by atoms with Crippen molar-refractivity contribution >= 4 is 0 Å². The molecule has 0 fully saturated rings. The van der Waals surface area contributed by atoms with Gasteiger partial charge in [0.25, 0.3) is 0 Å². The Bertz CT molecular complexity index is 387. The fraction of sp³-hybridized carbons (Fsp3) is 0.286. The van der Waals surface area contributed by atoms with Crippen molar-refractivity contribution in [3.05, 3.63) is 59.4 Å². The number of benzene rings is 1. The third kappa shape index (κ3) is 2.30. The minimum absolute atomic E-state index is 0.464. The van der Waals surface area contributed by atoms with Gasteiger partial charge in [0.05, 0.1) is 7.11 Å². The Morgan fingerprint density at radius 1 is 1.20 bits per heavy atom. The van der Waals surface area contributed by atoms with Crippen molar-refractivity contribution in [2.75, 3.05) is 7.11 Å². The van der Waals surface area contributed by atoms with Gasteiger partial charge in [-0.2, -0.15) is 0 Å². The molecule has 0 radical (unpaired) electrons.